The number of carbonyl (C=O) groups excluding carboxylic acids is 1. The van der Waals surface area contributed by atoms with Gasteiger partial charge < -0.3 is 4.90 Å². The number of amides is 1. The van der Waals surface area contributed by atoms with E-state index < -0.39 is 10.0 Å². The first kappa shape index (κ1) is 17.2. The van der Waals surface area contributed by atoms with Gasteiger partial charge in [0.05, 0.1) is 0 Å². The number of rotatable bonds is 4. The molecule has 0 aromatic carbocycles. The highest BCUT2D eigenvalue weighted by atomic mass is 35.5. The van der Waals surface area contributed by atoms with Gasteiger partial charge in [-0.2, -0.15) is 4.31 Å². The van der Waals surface area contributed by atoms with E-state index in [-0.39, 0.29) is 16.0 Å². The molecule has 3 aliphatic rings. The van der Waals surface area contributed by atoms with Crippen LogP contribution in [0, 0.1) is 17.8 Å². The second-order valence-electron chi connectivity index (χ2n) is 7.34. The van der Waals surface area contributed by atoms with Gasteiger partial charge >= 0.3 is 0 Å². The number of hydrogen-bond donors (Lipinski definition) is 0. The smallest absolute Gasteiger partial charge is 0.244 e. The number of sulfonamides is 1. The fraction of sp³-hybridized carbons (Fsp3) is 0.647. The van der Waals surface area contributed by atoms with Crippen LogP contribution in [0.25, 0.3) is 0 Å². The van der Waals surface area contributed by atoms with E-state index in [4.69, 9.17) is 11.6 Å². The van der Waals surface area contributed by atoms with Gasteiger partial charge in [0, 0.05) is 38.3 Å². The molecule has 0 radical (unpaired) electrons. The Morgan fingerprint density at radius 2 is 1.76 bits per heavy atom. The van der Waals surface area contributed by atoms with E-state index in [0.717, 1.165) is 38.8 Å². The van der Waals surface area contributed by atoms with Gasteiger partial charge in [0.2, 0.25) is 15.9 Å². The Morgan fingerprint density at radius 3 is 2.32 bits per heavy atom. The highest BCUT2D eigenvalue weighted by molar-refractivity contribution is 7.89. The van der Waals surface area contributed by atoms with Crippen LogP contribution < -0.4 is 0 Å². The number of carbonyl (C=O) groups is 1. The molecule has 2 aliphatic heterocycles. The first-order valence-corrected chi connectivity index (χ1v) is 10.7. The van der Waals surface area contributed by atoms with Crippen LogP contribution in [0.4, 0.5) is 0 Å². The number of nitrogens with zero attached hydrogens (tertiary/aromatic N) is 3. The van der Waals surface area contributed by atoms with Crippen LogP contribution in [0.2, 0.25) is 5.15 Å². The molecule has 1 aromatic heterocycles. The van der Waals surface area contributed by atoms with Crippen molar-refractivity contribution in [3.63, 3.8) is 0 Å². The number of halogens is 1. The first-order valence-electron chi connectivity index (χ1n) is 8.85. The molecule has 1 amide bonds. The molecule has 2 saturated heterocycles. The number of aromatic nitrogens is 1. The summed E-state index contributed by atoms with van der Waals surface area (Å²) in [4.78, 5) is 18.2. The summed E-state index contributed by atoms with van der Waals surface area (Å²) in [5, 5.41) is 0.285. The van der Waals surface area contributed by atoms with Crippen LogP contribution in [-0.2, 0) is 14.8 Å². The minimum absolute atomic E-state index is 0.195. The van der Waals surface area contributed by atoms with Crippen molar-refractivity contribution in [1.82, 2.24) is 14.2 Å². The molecule has 0 unspecified atom stereocenters. The van der Waals surface area contributed by atoms with Crippen molar-refractivity contribution in [3.8, 4) is 0 Å². The van der Waals surface area contributed by atoms with Crippen LogP contribution >= 0.6 is 11.6 Å². The zero-order valence-electron chi connectivity index (χ0n) is 14.0. The third kappa shape index (κ3) is 3.41. The Balaban J connectivity index is 1.30. The molecule has 6 nitrogen and oxygen atoms in total. The summed E-state index contributed by atoms with van der Waals surface area (Å²) < 4.78 is 26.7. The lowest BCUT2D eigenvalue weighted by molar-refractivity contribution is -0.134. The lowest BCUT2D eigenvalue weighted by atomic mass is 9.81. The van der Waals surface area contributed by atoms with Crippen LogP contribution in [0.5, 0.6) is 0 Å². The van der Waals surface area contributed by atoms with Crippen LogP contribution in [0.15, 0.2) is 23.2 Å². The van der Waals surface area contributed by atoms with E-state index >= 15 is 0 Å². The van der Waals surface area contributed by atoms with Crippen LogP contribution in [0.1, 0.15) is 25.7 Å². The van der Waals surface area contributed by atoms with E-state index in [9.17, 15) is 13.2 Å². The lowest BCUT2D eigenvalue weighted by Crippen LogP contribution is -2.54. The summed E-state index contributed by atoms with van der Waals surface area (Å²) in [6, 6.07) is 3.00. The summed E-state index contributed by atoms with van der Waals surface area (Å²) >= 11 is 5.72. The number of hydrogen-bond acceptors (Lipinski definition) is 4. The zero-order chi connectivity index (χ0) is 17.6. The zero-order valence-corrected chi connectivity index (χ0v) is 15.5. The summed E-state index contributed by atoms with van der Waals surface area (Å²) in [7, 11) is -3.47. The maximum atomic E-state index is 12.6. The van der Waals surface area contributed by atoms with Crippen molar-refractivity contribution in [2.45, 2.75) is 30.6 Å². The van der Waals surface area contributed by atoms with Gasteiger partial charge in [-0.1, -0.05) is 11.6 Å². The van der Waals surface area contributed by atoms with Crippen molar-refractivity contribution in [2.24, 2.45) is 17.8 Å². The third-order valence-corrected chi connectivity index (χ3v) is 7.70. The molecule has 4 rings (SSSR count). The Labute approximate surface area is 153 Å². The average Bonchev–Trinajstić information content (AvgIpc) is 3.38. The van der Waals surface area contributed by atoms with Gasteiger partial charge in [-0.05, 0) is 49.7 Å². The van der Waals surface area contributed by atoms with Crippen LogP contribution in [-0.4, -0.2) is 54.7 Å². The Hall–Kier alpha value is -1.18. The van der Waals surface area contributed by atoms with E-state index in [0.29, 0.717) is 30.8 Å². The highest BCUT2D eigenvalue weighted by Gasteiger charge is 2.42. The van der Waals surface area contributed by atoms with E-state index in [2.05, 4.69) is 4.98 Å². The molecule has 0 spiro atoms. The SMILES string of the molecule is O=C(C1CC1)N1CCC(C2CN(S(=O)(=O)c3ccc(Cl)nc3)C2)CC1. The molecule has 3 heterocycles. The molecule has 1 aromatic rings. The quantitative estimate of drug-likeness (QED) is 0.745. The van der Waals surface area contributed by atoms with Gasteiger partial charge in [-0.15, -0.1) is 0 Å². The van der Waals surface area contributed by atoms with E-state index in [1.54, 1.807) is 0 Å². The Kier molecular flexibility index (Phi) is 4.50. The topological polar surface area (TPSA) is 70.6 Å². The van der Waals surface area contributed by atoms with Gasteiger partial charge in [-0.25, -0.2) is 13.4 Å². The molecule has 0 bridgehead atoms. The highest BCUT2D eigenvalue weighted by Crippen LogP contribution is 2.37. The average molecular weight is 384 g/mol. The van der Waals surface area contributed by atoms with Gasteiger partial charge in [0.1, 0.15) is 10.0 Å². The van der Waals surface area contributed by atoms with Crippen LogP contribution in [0.3, 0.4) is 0 Å². The maximum Gasteiger partial charge on any atom is 0.244 e. The molecule has 8 heteroatoms. The van der Waals surface area contributed by atoms with Crippen molar-refractivity contribution in [3.05, 3.63) is 23.5 Å². The fourth-order valence-corrected chi connectivity index (χ4v) is 5.42. The second kappa shape index (κ2) is 6.52. The number of likely N-dealkylation sites (tertiary alicyclic amines) is 1. The van der Waals surface area contributed by atoms with E-state index in [1.165, 1.54) is 22.6 Å². The predicted molar refractivity (Wildman–Crippen MR) is 93.5 cm³/mol. The largest absolute Gasteiger partial charge is 0.342 e. The Bertz CT molecular complexity index is 750. The van der Waals surface area contributed by atoms with Crippen molar-refractivity contribution >= 4 is 27.5 Å². The number of piperidine rings is 1. The predicted octanol–water partition coefficient (Wildman–Crippen LogP) is 2.00. The molecule has 0 N–H and O–H groups in total. The first-order chi connectivity index (χ1) is 11.9. The number of pyridine rings is 1. The molecule has 0 atom stereocenters. The molecule has 1 saturated carbocycles. The minimum atomic E-state index is -3.47. The molecular formula is C17H22ClN3O3S. The molecule has 1 aliphatic carbocycles. The molecular weight excluding hydrogens is 362 g/mol. The second-order valence-corrected chi connectivity index (χ2v) is 9.66. The minimum Gasteiger partial charge on any atom is -0.342 e. The van der Waals surface area contributed by atoms with E-state index in [1.807, 2.05) is 4.90 Å². The van der Waals surface area contributed by atoms with Crippen molar-refractivity contribution in [2.75, 3.05) is 26.2 Å². The lowest BCUT2D eigenvalue weighted by Gasteiger charge is -2.45. The summed E-state index contributed by atoms with van der Waals surface area (Å²) in [6.07, 6.45) is 5.38. The Morgan fingerprint density at radius 1 is 1.08 bits per heavy atom. The summed E-state index contributed by atoms with van der Waals surface area (Å²) in [6.45, 7) is 2.77. The third-order valence-electron chi connectivity index (χ3n) is 5.66. The van der Waals surface area contributed by atoms with Gasteiger partial charge in [0.25, 0.3) is 0 Å². The van der Waals surface area contributed by atoms with Gasteiger partial charge in [0.15, 0.2) is 0 Å². The summed E-state index contributed by atoms with van der Waals surface area (Å²) in [5.41, 5.74) is 0. The van der Waals surface area contributed by atoms with Gasteiger partial charge in [-0.3, -0.25) is 4.79 Å². The maximum absolute atomic E-state index is 12.6. The summed E-state index contributed by atoms with van der Waals surface area (Å²) in [5.74, 6) is 1.52. The molecule has 3 fully saturated rings. The fourth-order valence-electron chi connectivity index (χ4n) is 3.81. The standard InChI is InChI=1S/C17H22ClN3O3S/c18-16-4-3-15(9-19-16)25(23,24)21-10-14(11-21)12-5-7-20(8-6-12)17(22)13-1-2-13/h3-4,9,12-14H,1-2,5-8,10-11H2. The monoisotopic (exact) mass is 383 g/mol. The van der Waals surface area contributed by atoms with Crippen molar-refractivity contribution < 1.29 is 13.2 Å². The normalized spacial score (nSPS) is 23.5. The molecule has 136 valence electrons. The van der Waals surface area contributed by atoms with Crippen molar-refractivity contribution in [1.29, 1.82) is 0 Å². The molecule has 25 heavy (non-hydrogen) atoms.